The Morgan fingerprint density at radius 3 is 1.62 bits per heavy atom. The lowest BCUT2D eigenvalue weighted by molar-refractivity contribution is -0.384. The minimum Gasteiger partial charge on any atom is -0.455 e. The molecule has 21 heavy (non-hydrogen) atoms. The summed E-state index contributed by atoms with van der Waals surface area (Å²) in [6.45, 7) is 0. The van der Waals surface area contributed by atoms with Gasteiger partial charge in [-0.3, -0.25) is 25.0 Å². The summed E-state index contributed by atoms with van der Waals surface area (Å²) in [5.74, 6) is 0. The van der Waals surface area contributed by atoms with Crippen LogP contribution in [0.4, 0.5) is 11.4 Å². The van der Waals surface area contributed by atoms with E-state index in [4.69, 9.17) is 4.42 Å². The minimum atomic E-state index is -0.614. The van der Waals surface area contributed by atoms with Gasteiger partial charge in [0, 0.05) is 12.1 Å². The lowest BCUT2D eigenvalue weighted by atomic mass is 10.1. The highest BCUT2D eigenvalue weighted by Crippen LogP contribution is 2.25. The van der Waals surface area contributed by atoms with Crippen LogP contribution in [0, 0.1) is 20.2 Å². The van der Waals surface area contributed by atoms with Crippen LogP contribution in [0.5, 0.6) is 0 Å². The van der Waals surface area contributed by atoms with Gasteiger partial charge >= 0.3 is 0 Å². The second-order valence-electron chi connectivity index (χ2n) is 4.31. The average molecular weight is 286 g/mol. The molecule has 0 fully saturated rings. The van der Waals surface area contributed by atoms with E-state index in [2.05, 4.69) is 0 Å². The van der Waals surface area contributed by atoms with Crippen molar-refractivity contribution in [2.24, 2.45) is 0 Å². The van der Waals surface area contributed by atoms with Gasteiger partial charge in [0.25, 0.3) is 11.4 Å². The standard InChI is InChI=1S/C13H6N2O6/c16-13-9-3-1-7(14(17)18)5-11(9)21-12-6-8(15(19)20)2-4-10(12)13/h1-6H. The number of nitrogens with zero attached hydrogens (tertiary/aromatic N) is 2. The predicted molar refractivity (Wildman–Crippen MR) is 73.3 cm³/mol. The Hall–Kier alpha value is -3.29. The molecule has 0 radical (unpaired) electrons. The molecule has 0 spiro atoms. The van der Waals surface area contributed by atoms with E-state index in [1.807, 2.05) is 0 Å². The summed E-state index contributed by atoms with van der Waals surface area (Å²) in [7, 11) is 0. The Balaban J connectivity index is 2.40. The molecule has 0 unspecified atom stereocenters. The Kier molecular flexibility index (Phi) is 2.65. The molecule has 8 heteroatoms. The van der Waals surface area contributed by atoms with E-state index in [-0.39, 0.29) is 33.3 Å². The zero-order valence-electron chi connectivity index (χ0n) is 10.3. The summed E-state index contributed by atoms with van der Waals surface area (Å²) < 4.78 is 5.40. The fourth-order valence-corrected chi connectivity index (χ4v) is 2.06. The van der Waals surface area contributed by atoms with Gasteiger partial charge in [-0.2, -0.15) is 0 Å². The van der Waals surface area contributed by atoms with E-state index >= 15 is 0 Å². The maximum Gasteiger partial charge on any atom is 0.273 e. The monoisotopic (exact) mass is 286 g/mol. The fraction of sp³-hybridized carbons (Fsp3) is 0. The normalized spacial score (nSPS) is 10.9. The number of nitro benzene ring substituents is 2. The van der Waals surface area contributed by atoms with Crippen LogP contribution in [0.15, 0.2) is 45.6 Å². The molecular weight excluding hydrogens is 280 g/mol. The number of hydrogen-bond donors (Lipinski definition) is 0. The molecule has 0 bridgehead atoms. The van der Waals surface area contributed by atoms with Crippen molar-refractivity contribution in [2.75, 3.05) is 0 Å². The Bertz CT molecular complexity index is 900. The SMILES string of the molecule is O=c1c2ccc([N+](=O)[O-])cc2oc2cc([N+](=O)[O-])ccc12. The number of hydrogen-bond acceptors (Lipinski definition) is 6. The number of rotatable bonds is 2. The van der Waals surface area contributed by atoms with E-state index in [0.717, 1.165) is 12.1 Å². The van der Waals surface area contributed by atoms with Gasteiger partial charge in [-0.25, -0.2) is 0 Å². The highest BCUT2D eigenvalue weighted by molar-refractivity contribution is 5.91. The molecule has 8 nitrogen and oxygen atoms in total. The zero-order chi connectivity index (χ0) is 15.1. The highest BCUT2D eigenvalue weighted by Gasteiger charge is 2.15. The summed E-state index contributed by atoms with van der Waals surface area (Å²) in [5, 5.41) is 21.8. The smallest absolute Gasteiger partial charge is 0.273 e. The topological polar surface area (TPSA) is 116 Å². The van der Waals surface area contributed by atoms with Crippen molar-refractivity contribution in [3.8, 4) is 0 Å². The molecule has 0 aliphatic heterocycles. The van der Waals surface area contributed by atoms with Crippen LogP contribution in [-0.2, 0) is 0 Å². The van der Waals surface area contributed by atoms with Crippen LogP contribution < -0.4 is 5.43 Å². The first kappa shape index (κ1) is 12.7. The van der Waals surface area contributed by atoms with Crippen molar-refractivity contribution in [1.82, 2.24) is 0 Å². The maximum absolute atomic E-state index is 12.3. The van der Waals surface area contributed by atoms with E-state index in [9.17, 15) is 25.0 Å². The number of benzene rings is 2. The predicted octanol–water partition coefficient (Wildman–Crippen LogP) is 2.76. The van der Waals surface area contributed by atoms with Crippen LogP contribution in [0.25, 0.3) is 21.9 Å². The molecule has 0 saturated carbocycles. The van der Waals surface area contributed by atoms with Gasteiger partial charge in [0.1, 0.15) is 11.2 Å². The number of nitro groups is 2. The molecule has 0 atom stereocenters. The molecule has 1 heterocycles. The first-order valence-electron chi connectivity index (χ1n) is 5.77. The summed E-state index contributed by atoms with van der Waals surface area (Å²) in [6, 6.07) is 7.26. The van der Waals surface area contributed by atoms with E-state index < -0.39 is 15.3 Å². The lowest BCUT2D eigenvalue weighted by Gasteiger charge is -2.01. The number of fused-ring (bicyclic) bond motifs is 2. The summed E-state index contributed by atoms with van der Waals surface area (Å²) in [4.78, 5) is 32.5. The van der Waals surface area contributed by atoms with Crippen molar-refractivity contribution in [2.45, 2.75) is 0 Å². The molecule has 0 aliphatic rings. The zero-order valence-corrected chi connectivity index (χ0v) is 10.3. The largest absolute Gasteiger partial charge is 0.455 e. The van der Waals surface area contributed by atoms with Gasteiger partial charge in [0.2, 0.25) is 5.43 Å². The second-order valence-corrected chi connectivity index (χ2v) is 4.31. The Morgan fingerprint density at radius 1 is 0.810 bits per heavy atom. The molecule has 1 aromatic heterocycles. The van der Waals surface area contributed by atoms with Crippen LogP contribution in [0.2, 0.25) is 0 Å². The first-order chi connectivity index (χ1) is 9.97. The highest BCUT2D eigenvalue weighted by atomic mass is 16.6. The molecule has 2 aromatic carbocycles. The van der Waals surface area contributed by atoms with Crippen molar-refractivity contribution < 1.29 is 14.3 Å². The minimum absolute atomic E-state index is 0.0159. The molecule has 0 amide bonds. The molecule has 0 N–H and O–H groups in total. The van der Waals surface area contributed by atoms with Crippen molar-refractivity contribution in [1.29, 1.82) is 0 Å². The molecule has 104 valence electrons. The van der Waals surface area contributed by atoms with Gasteiger partial charge < -0.3 is 4.42 Å². The summed E-state index contributed by atoms with van der Waals surface area (Å²) in [6.07, 6.45) is 0. The second kappa shape index (κ2) is 4.37. The quantitative estimate of drug-likeness (QED) is 0.406. The van der Waals surface area contributed by atoms with Gasteiger partial charge in [-0.15, -0.1) is 0 Å². The lowest BCUT2D eigenvalue weighted by Crippen LogP contribution is -2.03. The van der Waals surface area contributed by atoms with Gasteiger partial charge in [0.05, 0.1) is 32.8 Å². The van der Waals surface area contributed by atoms with Gasteiger partial charge in [-0.1, -0.05) is 0 Å². The van der Waals surface area contributed by atoms with Crippen molar-refractivity contribution >= 4 is 33.3 Å². The fourth-order valence-electron chi connectivity index (χ4n) is 2.06. The van der Waals surface area contributed by atoms with Crippen LogP contribution in [0.3, 0.4) is 0 Å². The third kappa shape index (κ3) is 1.98. The molecular formula is C13H6N2O6. The Morgan fingerprint density at radius 2 is 1.24 bits per heavy atom. The number of non-ortho nitro benzene ring substituents is 2. The van der Waals surface area contributed by atoms with Crippen LogP contribution in [-0.4, -0.2) is 9.85 Å². The third-order valence-electron chi connectivity index (χ3n) is 3.06. The first-order valence-corrected chi connectivity index (χ1v) is 5.77. The van der Waals surface area contributed by atoms with Gasteiger partial charge in [0.15, 0.2) is 0 Å². The van der Waals surface area contributed by atoms with E-state index in [0.29, 0.717) is 0 Å². The Labute approximate surface area is 115 Å². The molecule has 3 aromatic rings. The van der Waals surface area contributed by atoms with Crippen LogP contribution >= 0.6 is 0 Å². The summed E-state index contributed by atoms with van der Waals surface area (Å²) >= 11 is 0. The molecule has 0 aliphatic carbocycles. The molecule has 0 saturated heterocycles. The van der Waals surface area contributed by atoms with E-state index in [1.54, 1.807) is 0 Å². The van der Waals surface area contributed by atoms with E-state index in [1.165, 1.54) is 24.3 Å². The maximum atomic E-state index is 12.3. The van der Waals surface area contributed by atoms with Crippen LogP contribution in [0.1, 0.15) is 0 Å². The van der Waals surface area contributed by atoms with Gasteiger partial charge in [-0.05, 0) is 12.1 Å². The summed E-state index contributed by atoms with van der Waals surface area (Å²) in [5.41, 5.74) is -0.814. The van der Waals surface area contributed by atoms with Crippen molar-refractivity contribution in [3.05, 3.63) is 66.9 Å². The average Bonchev–Trinajstić information content (AvgIpc) is 2.46. The third-order valence-corrected chi connectivity index (χ3v) is 3.06. The van der Waals surface area contributed by atoms with Crippen molar-refractivity contribution in [3.63, 3.8) is 0 Å². The molecule has 3 rings (SSSR count).